The Bertz CT molecular complexity index is 923. The predicted octanol–water partition coefficient (Wildman–Crippen LogP) is 0.621. The van der Waals surface area contributed by atoms with E-state index in [1.807, 2.05) is 6.07 Å². The molecule has 3 heterocycles. The van der Waals surface area contributed by atoms with Gasteiger partial charge in [-0.25, -0.2) is 0 Å². The smallest absolute Gasteiger partial charge is 0.262 e. The summed E-state index contributed by atoms with van der Waals surface area (Å²) in [5, 5.41) is 5.72. The minimum Gasteiger partial charge on any atom is -0.304 e. The van der Waals surface area contributed by atoms with E-state index in [4.69, 9.17) is 0 Å². The summed E-state index contributed by atoms with van der Waals surface area (Å²) in [6.45, 7) is 3.37. The van der Waals surface area contributed by atoms with E-state index in [1.165, 1.54) is 19.3 Å². The summed E-state index contributed by atoms with van der Waals surface area (Å²) in [5.41, 5.74) is 1.90. The van der Waals surface area contributed by atoms with E-state index < -0.39 is 23.8 Å². The van der Waals surface area contributed by atoms with E-state index in [2.05, 4.69) is 15.5 Å². The lowest BCUT2D eigenvalue weighted by atomic mass is 9.67. The first-order chi connectivity index (χ1) is 14.0. The summed E-state index contributed by atoms with van der Waals surface area (Å²) in [6, 6.07) is 4.40. The molecule has 3 fully saturated rings. The quantitative estimate of drug-likeness (QED) is 0.727. The summed E-state index contributed by atoms with van der Waals surface area (Å²) in [7, 11) is 0. The molecule has 1 atom stereocenters. The lowest BCUT2D eigenvalue weighted by Crippen LogP contribution is -2.56. The molecule has 1 spiro atoms. The molecule has 8 heteroatoms. The number of rotatable bonds is 3. The van der Waals surface area contributed by atoms with Crippen LogP contribution in [0.15, 0.2) is 18.2 Å². The van der Waals surface area contributed by atoms with Crippen LogP contribution in [-0.2, 0) is 16.1 Å². The minimum atomic E-state index is -0.928. The minimum absolute atomic E-state index is 0.123. The van der Waals surface area contributed by atoms with E-state index in [0.29, 0.717) is 23.1 Å². The van der Waals surface area contributed by atoms with E-state index in [9.17, 15) is 19.2 Å². The van der Waals surface area contributed by atoms with Gasteiger partial charge < -0.3 is 5.32 Å². The van der Waals surface area contributed by atoms with Crippen LogP contribution in [-0.4, -0.2) is 59.2 Å². The highest BCUT2D eigenvalue weighted by Crippen LogP contribution is 2.42. The van der Waals surface area contributed by atoms with Crippen molar-refractivity contribution in [1.82, 2.24) is 20.4 Å². The number of hydrogen-bond donors (Lipinski definition) is 2. The number of carbonyl (C=O) groups excluding carboxylic acids is 4. The Labute approximate surface area is 168 Å². The SMILES string of the molecule is O=C1CCC(N2C(=O)c3cccc(CN4CNCC5(CCC5)C4)c3C2=O)C(=O)N1. The Morgan fingerprint density at radius 3 is 2.66 bits per heavy atom. The van der Waals surface area contributed by atoms with Gasteiger partial charge in [0.2, 0.25) is 11.8 Å². The summed E-state index contributed by atoms with van der Waals surface area (Å²) < 4.78 is 0. The van der Waals surface area contributed by atoms with Crippen LogP contribution in [0.1, 0.15) is 58.4 Å². The summed E-state index contributed by atoms with van der Waals surface area (Å²) in [6.07, 6.45) is 4.01. The molecule has 4 aliphatic rings. The third kappa shape index (κ3) is 2.98. The van der Waals surface area contributed by atoms with E-state index >= 15 is 0 Å². The molecule has 5 rings (SSSR count). The van der Waals surface area contributed by atoms with Crippen molar-refractivity contribution in [3.05, 3.63) is 34.9 Å². The molecule has 1 aromatic rings. The first-order valence-electron chi connectivity index (χ1n) is 10.2. The number of hydrogen-bond acceptors (Lipinski definition) is 6. The van der Waals surface area contributed by atoms with Crippen molar-refractivity contribution >= 4 is 23.6 Å². The number of nitrogens with zero attached hydrogens (tertiary/aromatic N) is 2. The highest BCUT2D eigenvalue weighted by atomic mass is 16.2. The van der Waals surface area contributed by atoms with Crippen LogP contribution in [0.5, 0.6) is 0 Å². The van der Waals surface area contributed by atoms with Crippen molar-refractivity contribution in [2.24, 2.45) is 5.41 Å². The van der Waals surface area contributed by atoms with Crippen molar-refractivity contribution < 1.29 is 19.2 Å². The molecule has 29 heavy (non-hydrogen) atoms. The first-order valence-corrected chi connectivity index (χ1v) is 10.2. The summed E-state index contributed by atoms with van der Waals surface area (Å²) in [5.74, 6) is -1.83. The number of amides is 4. The van der Waals surface area contributed by atoms with Crippen molar-refractivity contribution in [3.63, 3.8) is 0 Å². The maximum atomic E-state index is 13.2. The fourth-order valence-electron chi connectivity index (χ4n) is 5.15. The average Bonchev–Trinajstić information content (AvgIpc) is 2.93. The van der Waals surface area contributed by atoms with Gasteiger partial charge in [0, 0.05) is 32.7 Å². The lowest BCUT2D eigenvalue weighted by molar-refractivity contribution is -0.136. The fourth-order valence-corrected chi connectivity index (χ4v) is 5.15. The zero-order valence-electron chi connectivity index (χ0n) is 16.2. The number of carbonyl (C=O) groups is 4. The predicted molar refractivity (Wildman–Crippen MR) is 103 cm³/mol. The molecule has 0 radical (unpaired) electrons. The maximum Gasteiger partial charge on any atom is 0.262 e. The second-order valence-electron chi connectivity index (χ2n) is 8.71. The molecule has 3 aliphatic heterocycles. The van der Waals surface area contributed by atoms with Crippen molar-refractivity contribution in [2.75, 3.05) is 19.8 Å². The van der Waals surface area contributed by atoms with Crippen LogP contribution < -0.4 is 10.6 Å². The first kappa shape index (κ1) is 18.4. The lowest BCUT2D eigenvalue weighted by Gasteiger charge is -2.49. The van der Waals surface area contributed by atoms with Crippen LogP contribution in [0.25, 0.3) is 0 Å². The van der Waals surface area contributed by atoms with Gasteiger partial charge in [-0.1, -0.05) is 18.6 Å². The second-order valence-corrected chi connectivity index (χ2v) is 8.71. The van der Waals surface area contributed by atoms with E-state index in [-0.39, 0.29) is 18.7 Å². The zero-order chi connectivity index (χ0) is 20.2. The molecule has 0 aromatic heterocycles. The monoisotopic (exact) mass is 396 g/mol. The molecule has 1 saturated carbocycles. The molecular weight excluding hydrogens is 372 g/mol. The van der Waals surface area contributed by atoms with E-state index in [0.717, 1.165) is 30.2 Å². The zero-order valence-corrected chi connectivity index (χ0v) is 16.2. The van der Waals surface area contributed by atoms with Gasteiger partial charge >= 0.3 is 0 Å². The van der Waals surface area contributed by atoms with Gasteiger partial charge in [0.15, 0.2) is 0 Å². The Hall–Kier alpha value is -2.58. The Kier molecular flexibility index (Phi) is 4.29. The molecule has 0 bridgehead atoms. The average molecular weight is 396 g/mol. The summed E-state index contributed by atoms with van der Waals surface area (Å²) >= 11 is 0. The van der Waals surface area contributed by atoms with Crippen LogP contribution in [0.4, 0.5) is 0 Å². The number of benzene rings is 1. The maximum absolute atomic E-state index is 13.2. The van der Waals surface area contributed by atoms with Crippen LogP contribution in [0.2, 0.25) is 0 Å². The van der Waals surface area contributed by atoms with Gasteiger partial charge in [-0.05, 0) is 36.3 Å². The number of nitrogens with one attached hydrogen (secondary N) is 2. The molecule has 152 valence electrons. The number of piperidine rings is 1. The van der Waals surface area contributed by atoms with Crippen LogP contribution >= 0.6 is 0 Å². The number of imide groups is 2. The van der Waals surface area contributed by atoms with Crippen LogP contribution in [0.3, 0.4) is 0 Å². The molecule has 2 saturated heterocycles. The Morgan fingerprint density at radius 1 is 1.10 bits per heavy atom. The van der Waals surface area contributed by atoms with Crippen LogP contribution in [0, 0.1) is 5.41 Å². The van der Waals surface area contributed by atoms with Crippen molar-refractivity contribution in [2.45, 2.75) is 44.7 Å². The topological polar surface area (TPSA) is 98.8 Å². The van der Waals surface area contributed by atoms with Gasteiger partial charge in [-0.15, -0.1) is 0 Å². The Morgan fingerprint density at radius 2 is 1.93 bits per heavy atom. The highest BCUT2D eigenvalue weighted by Gasteiger charge is 2.46. The third-order valence-corrected chi connectivity index (χ3v) is 6.76. The van der Waals surface area contributed by atoms with Gasteiger partial charge in [0.05, 0.1) is 11.1 Å². The van der Waals surface area contributed by atoms with Gasteiger partial charge in [0.1, 0.15) is 6.04 Å². The fraction of sp³-hybridized carbons (Fsp3) is 0.524. The molecular formula is C21H24N4O4. The van der Waals surface area contributed by atoms with Gasteiger partial charge in [-0.2, -0.15) is 0 Å². The van der Waals surface area contributed by atoms with Gasteiger partial charge in [0.25, 0.3) is 11.8 Å². The molecule has 4 amide bonds. The second kappa shape index (κ2) is 6.74. The number of fused-ring (bicyclic) bond motifs is 1. The van der Waals surface area contributed by atoms with Crippen molar-refractivity contribution in [1.29, 1.82) is 0 Å². The molecule has 8 nitrogen and oxygen atoms in total. The molecule has 2 N–H and O–H groups in total. The van der Waals surface area contributed by atoms with Gasteiger partial charge in [-0.3, -0.25) is 34.3 Å². The third-order valence-electron chi connectivity index (χ3n) is 6.76. The molecule has 1 unspecified atom stereocenters. The standard InChI is InChI=1S/C21H24N4O4/c26-16-6-5-15(18(27)23-16)25-19(28)14-4-1-3-13(17(14)20(25)29)9-24-11-21(7-2-8-21)10-22-12-24/h1,3-4,15,22H,2,5-12H2,(H,23,26,27). The van der Waals surface area contributed by atoms with Crippen molar-refractivity contribution in [3.8, 4) is 0 Å². The normalized spacial score (nSPS) is 26.5. The Balaban J connectivity index is 1.40. The van der Waals surface area contributed by atoms with E-state index in [1.54, 1.807) is 12.1 Å². The molecule has 1 aliphatic carbocycles. The largest absolute Gasteiger partial charge is 0.304 e. The highest BCUT2D eigenvalue weighted by molar-refractivity contribution is 6.24. The molecule has 1 aromatic carbocycles. The summed E-state index contributed by atoms with van der Waals surface area (Å²) in [4.78, 5) is 53.2.